The lowest BCUT2D eigenvalue weighted by molar-refractivity contribution is -0.118. The molecule has 0 spiro atoms. The topological polar surface area (TPSA) is 72.7 Å². The minimum atomic E-state index is 0.0232. The summed E-state index contributed by atoms with van der Waals surface area (Å²) in [6.45, 7) is 5.10. The quantitative estimate of drug-likeness (QED) is 0.529. The standard InChI is InChI=1S/C20H25N5OS/c1-2-14-25-19(17-9-11-21-12-10-17)23-24-20(25)27-15-18(26)22-13-8-16-6-4-3-5-7-16/h2,6,9-12H,1,3-5,7-8,13-15H2,(H,22,26). The molecule has 2 aromatic heterocycles. The molecule has 0 unspecified atom stereocenters. The number of rotatable bonds is 9. The van der Waals surface area contributed by atoms with Crippen LogP contribution in [0.15, 0.2) is 54.0 Å². The molecule has 2 aromatic rings. The fourth-order valence-corrected chi connectivity index (χ4v) is 3.86. The van der Waals surface area contributed by atoms with Gasteiger partial charge in [0.2, 0.25) is 5.91 Å². The fraction of sp³-hybridized carbons (Fsp3) is 0.400. The number of hydrogen-bond donors (Lipinski definition) is 1. The lowest BCUT2D eigenvalue weighted by Gasteiger charge is -2.13. The zero-order chi connectivity index (χ0) is 18.9. The number of pyridine rings is 1. The molecule has 0 saturated heterocycles. The van der Waals surface area contributed by atoms with Crippen LogP contribution in [0.3, 0.4) is 0 Å². The average Bonchev–Trinajstić information content (AvgIpc) is 3.11. The molecule has 142 valence electrons. The highest BCUT2D eigenvalue weighted by atomic mass is 32.2. The molecule has 3 rings (SSSR count). The Bertz CT molecular complexity index is 800. The first kappa shape index (κ1) is 19.4. The van der Waals surface area contributed by atoms with Gasteiger partial charge in [-0.25, -0.2) is 0 Å². The largest absolute Gasteiger partial charge is 0.355 e. The number of amides is 1. The Morgan fingerprint density at radius 2 is 2.15 bits per heavy atom. The molecule has 27 heavy (non-hydrogen) atoms. The molecule has 0 fully saturated rings. The average molecular weight is 384 g/mol. The van der Waals surface area contributed by atoms with Gasteiger partial charge in [0.05, 0.1) is 5.75 Å². The molecule has 1 aliphatic rings. The van der Waals surface area contributed by atoms with Crippen molar-refractivity contribution in [1.82, 2.24) is 25.1 Å². The summed E-state index contributed by atoms with van der Waals surface area (Å²) >= 11 is 1.40. The molecule has 1 aliphatic carbocycles. The molecule has 6 nitrogen and oxygen atoms in total. The normalized spacial score (nSPS) is 13.9. The summed E-state index contributed by atoms with van der Waals surface area (Å²) in [7, 11) is 0. The number of aromatic nitrogens is 4. The van der Waals surface area contributed by atoms with E-state index in [1.54, 1.807) is 18.5 Å². The molecule has 0 aromatic carbocycles. The van der Waals surface area contributed by atoms with Crippen LogP contribution in [0.25, 0.3) is 11.4 Å². The molecule has 0 atom stereocenters. The first-order chi connectivity index (χ1) is 13.3. The first-order valence-corrected chi connectivity index (χ1v) is 10.3. The second-order valence-corrected chi connectivity index (χ2v) is 7.38. The van der Waals surface area contributed by atoms with Crippen molar-refractivity contribution in [2.75, 3.05) is 12.3 Å². The summed E-state index contributed by atoms with van der Waals surface area (Å²) in [6.07, 6.45) is 13.4. The minimum absolute atomic E-state index is 0.0232. The van der Waals surface area contributed by atoms with Crippen molar-refractivity contribution in [3.63, 3.8) is 0 Å². The molecule has 0 saturated carbocycles. The highest BCUT2D eigenvalue weighted by Crippen LogP contribution is 2.23. The van der Waals surface area contributed by atoms with Gasteiger partial charge >= 0.3 is 0 Å². The number of hydrogen-bond acceptors (Lipinski definition) is 5. The monoisotopic (exact) mass is 383 g/mol. The van der Waals surface area contributed by atoms with Crippen LogP contribution in [0.1, 0.15) is 32.1 Å². The number of allylic oxidation sites excluding steroid dienone is 2. The van der Waals surface area contributed by atoms with E-state index >= 15 is 0 Å². The van der Waals surface area contributed by atoms with Crippen molar-refractivity contribution < 1.29 is 4.79 Å². The number of nitrogens with one attached hydrogen (secondary N) is 1. The second-order valence-electron chi connectivity index (χ2n) is 6.44. The van der Waals surface area contributed by atoms with Gasteiger partial charge in [0.25, 0.3) is 0 Å². The summed E-state index contributed by atoms with van der Waals surface area (Å²) in [5.74, 6) is 1.10. The number of carbonyl (C=O) groups excluding carboxylic acids is 1. The van der Waals surface area contributed by atoms with Crippen LogP contribution in [0.5, 0.6) is 0 Å². The van der Waals surface area contributed by atoms with E-state index in [1.165, 1.54) is 43.0 Å². The molecule has 0 bridgehead atoms. The van der Waals surface area contributed by atoms with Crippen LogP contribution in [0.4, 0.5) is 0 Å². The van der Waals surface area contributed by atoms with Crippen molar-refractivity contribution in [2.24, 2.45) is 0 Å². The Morgan fingerprint density at radius 1 is 1.30 bits per heavy atom. The molecule has 1 N–H and O–H groups in total. The molecular weight excluding hydrogens is 358 g/mol. The van der Waals surface area contributed by atoms with Crippen LogP contribution in [-0.2, 0) is 11.3 Å². The third-order valence-corrected chi connectivity index (χ3v) is 5.42. The van der Waals surface area contributed by atoms with Crippen molar-refractivity contribution in [3.05, 3.63) is 48.8 Å². The van der Waals surface area contributed by atoms with Gasteiger partial charge in [-0.15, -0.1) is 16.8 Å². The maximum Gasteiger partial charge on any atom is 0.230 e. The summed E-state index contributed by atoms with van der Waals surface area (Å²) < 4.78 is 1.97. The highest BCUT2D eigenvalue weighted by Gasteiger charge is 2.15. The van der Waals surface area contributed by atoms with Crippen LogP contribution < -0.4 is 5.32 Å². The van der Waals surface area contributed by atoms with Crippen molar-refractivity contribution in [1.29, 1.82) is 0 Å². The van der Waals surface area contributed by atoms with Gasteiger partial charge in [-0.3, -0.25) is 14.3 Å². The summed E-state index contributed by atoms with van der Waals surface area (Å²) in [5.41, 5.74) is 2.42. The van der Waals surface area contributed by atoms with E-state index in [4.69, 9.17) is 0 Å². The van der Waals surface area contributed by atoms with E-state index in [1.807, 2.05) is 16.7 Å². The Hall–Kier alpha value is -2.41. The zero-order valence-electron chi connectivity index (χ0n) is 15.4. The van der Waals surface area contributed by atoms with E-state index in [0.717, 1.165) is 17.8 Å². The Morgan fingerprint density at radius 3 is 2.89 bits per heavy atom. The van der Waals surface area contributed by atoms with Crippen LogP contribution in [0, 0.1) is 0 Å². The van der Waals surface area contributed by atoms with E-state index < -0.39 is 0 Å². The second kappa shape index (κ2) is 10.1. The molecular formula is C20H25N5OS. The van der Waals surface area contributed by atoms with Gasteiger partial charge in [-0.05, 0) is 44.2 Å². The Kier molecular flexibility index (Phi) is 7.21. The van der Waals surface area contributed by atoms with Crippen LogP contribution >= 0.6 is 11.8 Å². The van der Waals surface area contributed by atoms with Gasteiger partial charge in [-0.1, -0.05) is 29.5 Å². The van der Waals surface area contributed by atoms with Crippen molar-refractivity contribution in [2.45, 2.75) is 43.8 Å². The predicted octanol–water partition coefficient (Wildman–Crippen LogP) is 3.62. The molecule has 2 heterocycles. The van der Waals surface area contributed by atoms with E-state index in [2.05, 4.69) is 33.2 Å². The van der Waals surface area contributed by atoms with Gasteiger partial charge in [0.1, 0.15) is 0 Å². The van der Waals surface area contributed by atoms with Gasteiger partial charge in [0, 0.05) is 31.0 Å². The maximum atomic E-state index is 12.2. The summed E-state index contributed by atoms with van der Waals surface area (Å²) in [4.78, 5) is 16.2. The summed E-state index contributed by atoms with van der Waals surface area (Å²) in [5, 5.41) is 12.3. The number of carbonyl (C=O) groups is 1. The first-order valence-electron chi connectivity index (χ1n) is 9.30. The SMILES string of the molecule is C=CCn1c(SCC(=O)NCCC2=CCCCC2)nnc1-c1ccncc1. The van der Waals surface area contributed by atoms with E-state index in [9.17, 15) is 4.79 Å². The van der Waals surface area contributed by atoms with E-state index in [0.29, 0.717) is 24.0 Å². The Labute approximate surface area is 164 Å². The number of thioether (sulfide) groups is 1. The van der Waals surface area contributed by atoms with Gasteiger partial charge in [0.15, 0.2) is 11.0 Å². The number of nitrogens with zero attached hydrogens (tertiary/aromatic N) is 4. The van der Waals surface area contributed by atoms with Crippen molar-refractivity contribution >= 4 is 17.7 Å². The van der Waals surface area contributed by atoms with Gasteiger partial charge in [-0.2, -0.15) is 0 Å². The Balaban J connectivity index is 1.54. The van der Waals surface area contributed by atoms with Gasteiger partial charge < -0.3 is 5.32 Å². The molecule has 1 amide bonds. The molecule has 0 radical (unpaired) electrons. The van der Waals surface area contributed by atoms with Crippen molar-refractivity contribution in [3.8, 4) is 11.4 Å². The lowest BCUT2D eigenvalue weighted by Crippen LogP contribution is -2.26. The third kappa shape index (κ3) is 5.53. The third-order valence-electron chi connectivity index (χ3n) is 4.45. The fourth-order valence-electron chi connectivity index (χ4n) is 3.08. The van der Waals surface area contributed by atoms with Crippen LogP contribution in [0.2, 0.25) is 0 Å². The maximum absolute atomic E-state index is 12.2. The summed E-state index contributed by atoms with van der Waals surface area (Å²) in [6, 6.07) is 3.79. The van der Waals surface area contributed by atoms with E-state index in [-0.39, 0.29) is 5.91 Å². The smallest absolute Gasteiger partial charge is 0.230 e. The lowest BCUT2D eigenvalue weighted by atomic mass is 9.97. The highest BCUT2D eigenvalue weighted by molar-refractivity contribution is 7.99. The molecule has 7 heteroatoms. The molecule has 0 aliphatic heterocycles. The minimum Gasteiger partial charge on any atom is -0.355 e. The van der Waals surface area contributed by atoms with Crippen LogP contribution in [-0.4, -0.2) is 38.0 Å². The predicted molar refractivity (Wildman–Crippen MR) is 108 cm³/mol. The zero-order valence-corrected chi connectivity index (χ0v) is 16.2.